The first-order valence-corrected chi connectivity index (χ1v) is 5.83. The van der Waals surface area contributed by atoms with Crippen molar-refractivity contribution in [1.29, 1.82) is 0 Å². The van der Waals surface area contributed by atoms with Gasteiger partial charge in [-0.3, -0.25) is 4.99 Å². The summed E-state index contributed by atoms with van der Waals surface area (Å²) in [6.07, 6.45) is 2.56. The molecule has 1 fully saturated rings. The lowest BCUT2D eigenvalue weighted by atomic mass is 9.97. The second-order valence-electron chi connectivity index (χ2n) is 4.46. The smallest absolute Gasteiger partial charge is 0.190 e. The molecule has 0 atom stereocenters. The van der Waals surface area contributed by atoms with Crippen LogP contribution in [0.2, 0.25) is 0 Å². The van der Waals surface area contributed by atoms with Crippen molar-refractivity contribution in [2.45, 2.75) is 19.8 Å². The first-order chi connectivity index (χ1) is 7.13. The highest BCUT2D eigenvalue weighted by Crippen LogP contribution is 2.16. The van der Waals surface area contributed by atoms with Crippen molar-refractivity contribution in [3.05, 3.63) is 0 Å². The fourth-order valence-corrected chi connectivity index (χ4v) is 2.01. The summed E-state index contributed by atoms with van der Waals surface area (Å²) in [4.78, 5) is 8.69. The molecule has 1 saturated heterocycles. The number of guanidine groups is 1. The van der Waals surface area contributed by atoms with Crippen molar-refractivity contribution in [3.8, 4) is 0 Å². The monoisotopic (exact) mass is 212 g/mol. The Hall–Kier alpha value is -0.770. The molecule has 0 unspecified atom stereocenters. The van der Waals surface area contributed by atoms with Crippen LogP contribution in [-0.2, 0) is 0 Å². The molecule has 0 radical (unpaired) electrons. The van der Waals surface area contributed by atoms with Crippen LogP contribution in [0.4, 0.5) is 0 Å². The molecule has 0 aromatic rings. The molecule has 0 bridgehead atoms. The largest absolute Gasteiger partial charge is 0.370 e. The summed E-state index contributed by atoms with van der Waals surface area (Å²) < 4.78 is 0. The zero-order chi connectivity index (χ0) is 11.3. The highest BCUT2D eigenvalue weighted by Gasteiger charge is 2.18. The van der Waals surface area contributed by atoms with E-state index in [4.69, 9.17) is 5.73 Å². The molecule has 4 heteroatoms. The molecule has 0 spiro atoms. The Kier molecular flexibility index (Phi) is 4.88. The van der Waals surface area contributed by atoms with E-state index in [-0.39, 0.29) is 0 Å². The molecular formula is C11H24N4. The third kappa shape index (κ3) is 4.08. The predicted octanol–water partition coefficient (Wildman–Crippen LogP) is 0.595. The van der Waals surface area contributed by atoms with E-state index in [1.807, 2.05) is 14.0 Å². The lowest BCUT2D eigenvalue weighted by molar-refractivity contribution is 0.199. The Morgan fingerprint density at radius 1 is 1.47 bits per heavy atom. The Morgan fingerprint density at radius 3 is 2.60 bits per heavy atom. The molecule has 15 heavy (non-hydrogen) atoms. The van der Waals surface area contributed by atoms with E-state index < -0.39 is 0 Å². The normalized spacial score (nSPS) is 20.6. The fraction of sp³-hybridized carbons (Fsp3) is 0.909. The first kappa shape index (κ1) is 12.3. The number of piperidine rings is 1. The van der Waals surface area contributed by atoms with Gasteiger partial charge >= 0.3 is 0 Å². The minimum atomic E-state index is 0.677. The second kappa shape index (κ2) is 5.95. The van der Waals surface area contributed by atoms with E-state index in [1.165, 1.54) is 25.9 Å². The number of aliphatic imine (C=N–C) groups is 1. The van der Waals surface area contributed by atoms with Crippen LogP contribution < -0.4 is 5.73 Å². The Labute approximate surface area is 93.1 Å². The van der Waals surface area contributed by atoms with Gasteiger partial charge < -0.3 is 15.5 Å². The summed E-state index contributed by atoms with van der Waals surface area (Å²) in [6, 6.07) is 0. The maximum absolute atomic E-state index is 5.84. The van der Waals surface area contributed by atoms with Gasteiger partial charge in [-0.15, -0.1) is 0 Å². The summed E-state index contributed by atoms with van der Waals surface area (Å²) in [7, 11) is 4.22. The minimum absolute atomic E-state index is 0.677. The first-order valence-electron chi connectivity index (χ1n) is 5.83. The molecule has 1 aliphatic rings. The van der Waals surface area contributed by atoms with Crippen LogP contribution in [0, 0.1) is 5.92 Å². The lowest BCUT2D eigenvalue weighted by Gasteiger charge is -2.31. The number of hydrogen-bond acceptors (Lipinski definition) is 2. The van der Waals surface area contributed by atoms with Gasteiger partial charge in [-0.1, -0.05) is 0 Å². The summed E-state index contributed by atoms with van der Waals surface area (Å²) in [5.41, 5.74) is 5.84. The van der Waals surface area contributed by atoms with Crippen LogP contribution in [0.25, 0.3) is 0 Å². The fourth-order valence-electron chi connectivity index (χ4n) is 2.01. The summed E-state index contributed by atoms with van der Waals surface area (Å²) in [5.74, 6) is 1.45. The SMILES string of the molecule is CCN=C(N)N(C)CC1CCN(C)CC1. The number of nitrogens with zero attached hydrogens (tertiary/aromatic N) is 3. The standard InChI is InChI=1S/C11H24N4/c1-4-13-11(12)15(3)9-10-5-7-14(2)8-6-10/h10H,4-9H2,1-3H3,(H2,12,13). The lowest BCUT2D eigenvalue weighted by Crippen LogP contribution is -2.41. The third-order valence-electron chi connectivity index (χ3n) is 3.08. The number of rotatable bonds is 3. The van der Waals surface area contributed by atoms with Crippen LogP contribution in [0.3, 0.4) is 0 Å². The molecule has 2 N–H and O–H groups in total. The van der Waals surface area contributed by atoms with E-state index in [1.54, 1.807) is 0 Å². The number of hydrogen-bond donors (Lipinski definition) is 1. The molecule has 1 rings (SSSR count). The van der Waals surface area contributed by atoms with Crippen LogP contribution in [-0.4, -0.2) is 56.0 Å². The van der Waals surface area contributed by atoms with E-state index >= 15 is 0 Å². The highest BCUT2D eigenvalue weighted by molar-refractivity contribution is 5.77. The highest BCUT2D eigenvalue weighted by atomic mass is 15.2. The Bertz CT molecular complexity index is 207. The van der Waals surface area contributed by atoms with Gasteiger partial charge in [0.05, 0.1) is 0 Å². The van der Waals surface area contributed by atoms with Gasteiger partial charge in [-0.2, -0.15) is 0 Å². The van der Waals surface area contributed by atoms with Gasteiger partial charge in [0.15, 0.2) is 5.96 Å². The maximum atomic E-state index is 5.84. The average molecular weight is 212 g/mol. The third-order valence-corrected chi connectivity index (χ3v) is 3.08. The van der Waals surface area contributed by atoms with Crippen molar-refractivity contribution >= 4 is 5.96 Å². The zero-order valence-electron chi connectivity index (χ0n) is 10.2. The zero-order valence-corrected chi connectivity index (χ0v) is 10.2. The molecule has 0 amide bonds. The maximum Gasteiger partial charge on any atom is 0.190 e. The molecule has 88 valence electrons. The van der Waals surface area contributed by atoms with Crippen LogP contribution in [0.15, 0.2) is 4.99 Å². The summed E-state index contributed by atoms with van der Waals surface area (Å²) in [5, 5.41) is 0. The molecule has 1 aliphatic heterocycles. The van der Waals surface area contributed by atoms with E-state index in [0.717, 1.165) is 19.0 Å². The van der Waals surface area contributed by atoms with Crippen molar-refractivity contribution in [2.24, 2.45) is 16.6 Å². The van der Waals surface area contributed by atoms with Gasteiger partial charge in [0.25, 0.3) is 0 Å². The molecule has 1 heterocycles. The second-order valence-corrected chi connectivity index (χ2v) is 4.46. The molecule has 4 nitrogen and oxygen atoms in total. The van der Waals surface area contributed by atoms with Crippen molar-refractivity contribution < 1.29 is 0 Å². The summed E-state index contributed by atoms with van der Waals surface area (Å²) in [6.45, 7) is 6.25. The number of nitrogens with two attached hydrogens (primary N) is 1. The van der Waals surface area contributed by atoms with Gasteiger partial charge in [0, 0.05) is 20.1 Å². The summed E-state index contributed by atoms with van der Waals surface area (Å²) >= 11 is 0. The van der Waals surface area contributed by atoms with Gasteiger partial charge in [0.1, 0.15) is 0 Å². The van der Waals surface area contributed by atoms with Crippen LogP contribution in [0.5, 0.6) is 0 Å². The van der Waals surface area contributed by atoms with E-state index in [9.17, 15) is 0 Å². The quantitative estimate of drug-likeness (QED) is 0.550. The molecular weight excluding hydrogens is 188 g/mol. The molecule has 0 aromatic heterocycles. The van der Waals surface area contributed by atoms with Gasteiger partial charge in [-0.25, -0.2) is 0 Å². The average Bonchev–Trinajstić information content (AvgIpc) is 2.22. The van der Waals surface area contributed by atoms with E-state index in [2.05, 4.69) is 21.8 Å². The van der Waals surface area contributed by atoms with Crippen molar-refractivity contribution in [3.63, 3.8) is 0 Å². The van der Waals surface area contributed by atoms with Crippen molar-refractivity contribution in [2.75, 3.05) is 40.3 Å². The molecule has 0 aromatic carbocycles. The van der Waals surface area contributed by atoms with Gasteiger partial charge in [0.2, 0.25) is 0 Å². The molecule has 0 saturated carbocycles. The van der Waals surface area contributed by atoms with Crippen molar-refractivity contribution in [1.82, 2.24) is 9.80 Å². The minimum Gasteiger partial charge on any atom is -0.370 e. The number of likely N-dealkylation sites (tertiary alicyclic amines) is 1. The van der Waals surface area contributed by atoms with Crippen LogP contribution >= 0.6 is 0 Å². The Balaban J connectivity index is 2.32. The van der Waals surface area contributed by atoms with E-state index in [0.29, 0.717) is 5.96 Å². The predicted molar refractivity (Wildman–Crippen MR) is 65.0 cm³/mol. The van der Waals surface area contributed by atoms with Crippen LogP contribution in [0.1, 0.15) is 19.8 Å². The van der Waals surface area contributed by atoms with Gasteiger partial charge in [-0.05, 0) is 45.8 Å². The molecule has 0 aliphatic carbocycles. The topological polar surface area (TPSA) is 44.9 Å². The Morgan fingerprint density at radius 2 is 2.07 bits per heavy atom.